The standard InChI is InChI=1S/C19H20ClFN2O3S/c1-13-3-2-10-23(12-13)19(24)14-4-9-17(20)18(11-14)22-27(25,26)16-7-5-15(21)6-8-16/h4-9,11,13,22H,2-3,10,12H2,1H3. The van der Waals surface area contributed by atoms with Gasteiger partial charge in [0.1, 0.15) is 5.82 Å². The van der Waals surface area contributed by atoms with E-state index in [1.807, 2.05) is 0 Å². The van der Waals surface area contributed by atoms with E-state index in [1.54, 1.807) is 11.0 Å². The van der Waals surface area contributed by atoms with Gasteiger partial charge < -0.3 is 4.90 Å². The van der Waals surface area contributed by atoms with Crippen molar-refractivity contribution in [2.45, 2.75) is 24.7 Å². The second-order valence-corrected chi connectivity index (χ2v) is 8.84. The van der Waals surface area contributed by atoms with Gasteiger partial charge in [-0.25, -0.2) is 12.8 Å². The zero-order chi connectivity index (χ0) is 19.6. The molecule has 0 aliphatic carbocycles. The number of rotatable bonds is 4. The van der Waals surface area contributed by atoms with Crippen molar-refractivity contribution in [3.63, 3.8) is 0 Å². The van der Waals surface area contributed by atoms with E-state index in [2.05, 4.69) is 11.6 Å². The summed E-state index contributed by atoms with van der Waals surface area (Å²) in [5.41, 5.74) is 0.474. The normalized spacial score (nSPS) is 17.6. The molecule has 1 amide bonds. The monoisotopic (exact) mass is 410 g/mol. The smallest absolute Gasteiger partial charge is 0.261 e. The fourth-order valence-corrected chi connectivity index (χ4v) is 4.40. The highest BCUT2D eigenvalue weighted by Gasteiger charge is 2.23. The van der Waals surface area contributed by atoms with Gasteiger partial charge in [-0.2, -0.15) is 0 Å². The highest BCUT2D eigenvalue weighted by molar-refractivity contribution is 7.92. The Labute approximate surface area is 163 Å². The molecule has 0 radical (unpaired) electrons. The lowest BCUT2D eigenvalue weighted by Crippen LogP contribution is -2.39. The quantitative estimate of drug-likeness (QED) is 0.823. The van der Waals surface area contributed by atoms with Crippen molar-refractivity contribution >= 4 is 33.2 Å². The van der Waals surface area contributed by atoms with Gasteiger partial charge in [-0.3, -0.25) is 9.52 Å². The number of hydrogen-bond donors (Lipinski definition) is 1. The number of sulfonamides is 1. The van der Waals surface area contributed by atoms with Crippen molar-refractivity contribution in [3.05, 3.63) is 58.9 Å². The molecule has 2 aromatic rings. The van der Waals surface area contributed by atoms with Crippen molar-refractivity contribution in [3.8, 4) is 0 Å². The zero-order valence-electron chi connectivity index (χ0n) is 14.8. The summed E-state index contributed by atoms with van der Waals surface area (Å²) in [5, 5.41) is 0.171. The lowest BCUT2D eigenvalue weighted by Gasteiger charge is -2.31. The fraction of sp³-hybridized carbons (Fsp3) is 0.316. The average molecular weight is 411 g/mol. The van der Waals surface area contributed by atoms with Crippen LogP contribution in [0.4, 0.5) is 10.1 Å². The molecule has 1 aliphatic heterocycles. The predicted octanol–water partition coefficient (Wildman–Crippen LogP) is 4.15. The first-order valence-corrected chi connectivity index (χ1v) is 10.5. The predicted molar refractivity (Wildman–Crippen MR) is 103 cm³/mol. The molecule has 0 bridgehead atoms. The second kappa shape index (κ2) is 7.86. The Morgan fingerprint density at radius 2 is 1.93 bits per heavy atom. The summed E-state index contributed by atoms with van der Waals surface area (Å²) in [6, 6.07) is 8.96. The Morgan fingerprint density at radius 1 is 1.22 bits per heavy atom. The van der Waals surface area contributed by atoms with Crippen molar-refractivity contribution in [1.29, 1.82) is 0 Å². The number of nitrogens with one attached hydrogen (secondary N) is 1. The zero-order valence-corrected chi connectivity index (χ0v) is 16.4. The average Bonchev–Trinajstić information content (AvgIpc) is 2.63. The molecule has 5 nitrogen and oxygen atoms in total. The third kappa shape index (κ3) is 4.59. The fourth-order valence-electron chi connectivity index (χ4n) is 3.11. The van der Waals surface area contributed by atoms with Crippen molar-refractivity contribution in [1.82, 2.24) is 4.90 Å². The van der Waals surface area contributed by atoms with Crippen molar-refractivity contribution in [2.75, 3.05) is 17.8 Å². The lowest BCUT2D eigenvalue weighted by molar-refractivity contribution is 0.0683. The van der Waals surface area contributed by atoms with Gasteiger partial charge in [0.25, 0.3) is 15.9 Å². The first kappa shape index (κ1) is 19.6. The van der Waals surface area contributed by atoms with Crippen molar-refractivity contribution in [2.24, 2.45) is 5.92 Å². The van der Waals surface area contributed by atoms with E-state index < -0.39 is 15.8 Å². The Bertz CT molecular complexity index is 948. The van der Waals surface area contributed by atoms with E-state index in [-0.39, 0.29) is 21.5 Å². The summed E-state index contributed by atoms with van der Waals surface area (Å²) in [5.74, 6) is -0.248. The maximum absolute atomic E-state index is 13.0. The molecule has 1 N–H and O–H groups in total. The number of likely N-dealkylation sites (tertiary alicyclic amines) is 1. The third-order valence-corrected chi connectivity index (χ3v) is 6.24. The summed E-state index contributed by atoms with van der Waals surface area (Å²) < 4.78 is 40.4. The van der Waals surface area contributed by atoms with E-state index >= 15 is 0 Å². The Hall–Kier alpha value is -2.12. The molecule has 0 spiro atoms. The number of halogens is 2. The van der Waals surface area contributed by atoms with Crippen LogP contribution >= 0.6 is 11.6 Å². The summed E-state index contributed by atoms with van der Waals surface area (Å²) >= 11 is 6.12. The first-order valence-electron chi connectivity index (χ1n) is 8.63. The molecule has 2 aromatic carbocycles. The van der Waals surface area contributed by atoms with Crippen LogP contribution in [-0.4, -0.2) is 32.3 Å². The first-order chi connectivity index (χ1) is 12.8. The van der Waals surface area contributed by atoms with Gasteiger partial charge in [0.2, 0.25) is 0 Å². The molecule has 1 heterocycles. The van der Waals surface area contributed by atoms with E-state index in [0.29, 0.717) is 24.6 Å². The minimum atomic E-state index is -3.95. The highest BCUT2D eigenvalue weighted by atomic mass is 35.5. The van der Waals surface area contributed by atoms with Gasteiger partial charge in [0, 0.05) is 18.7 Å². The van der Waals surface area contributed by atoms with Crippen LogP contribution in [0.5, 0.6) is 0 Å². The van der Waals surface area contributed by atoms with Gasteiger partial charge in [-0.05, 0) is 61.2 Å². The molecule has 0 aromatic heterocycles. The maximum atomic E-state index is 13.0. The van der Waals surface area contributed by atoms with Crippen LogP contribution in [0.2, 0.25) is 5.02 Å². The summed E-state index contributed by atoms with van der Waals surface area (Å²) in [6.45, 7) is 3.46. The SMILES string of the molecule is CC1CCCN(C(=O)c2ccc(Cl)c(NS(=O)(=O)c3ccc(F)cc3)c2)C1. The summed E-state index contributed by atoms with van der Waals surface area (Å²) in [6.07, 6.45) is 2.04. The van der Waals surface area contributed by atoms with Gasteiger partial charge >= 0.3 is 0 Å². The van der Waals surface area contributed by atoms with E-state index in [4.69, 9.17) is 11.6 Å². The van der Waals surface area contributed by atoms with Crippen LogP contribution in [0.1, 0.15) is 30.1 Å². The van der Waals surface area contributed by atoms with Gasteiger partial charge in [-0.15, -0.1) is 0 Å². The largest absolute Gasteiger partial charge is 0.338 e. The van der Waals surface area contributed by atoms with Gasteiger partial charge in [-0.1, -0.05) is 18.5 Å². The van der Waals surface area contributed by atoms with Crippen LogP contribution in [0.25, 0.3) is 0 Å². The number of nitrogens with zero attached hydrogens (tertiary/aromatic N) is 1. The topological polar surface area (TPSA) is 66.5 Å². The van der Waals surface area contributed by atoms with Crippen LogP contribution in [0.3, 0.4) is 0 Å². The molecule has 3 rings (SSSR count). The molecule has 1 saturated heterocycles. The Kier molecular flexibility index (Phi) is 5.72. The molecule has 1 fully saturated rings. The minimum absolute atomic E-state index is 0.0958. The molecule has 144 valence electrons. The number of amides is 1. The summed E-state index contributed by atoms with van der Waals surface area (Å²) in [7, 11) is -3.95. The van der Waals surface area contributed by atoms with E-state index in [9.17, 15) is 17.6 Å². The Balaban J connectivity index is 1.85. The molecule has 8 heteroatoms. The molecule has 27 heavy (non-hydrogen) atoms. The van der Waals surface area contributed by atoms with E-state index in [1.165, 1.54) is 12.1 Å². The number of benzene rings is 2. The molecule has 1 unspecified atom stereocenters. The number of carbonyl (C=O) groups is 1. The lowest BCUT2D eigenvalue weighted by atomic mass is 9.99. The van der Waals surface area contributed by atoms with Crippen LogP contribution < -0.4 is 4.72 Å². The van der Waals surface area contributed by atoms with Crippen LogP contribution in [-0.2, 0) is 10.0 Å². The number of piperidine rings is 1. The second-order valence-electron chi connectivity index (χ2n) is 6.75. The molecular weight excluding hydrogens is 391 g/mol. The van der Waals surface area contributed by atoms with Crippen LogP contribution in [0, 0.1) is 11.7 Å². The number of carbonyl (C=O) groups excluding carboxylic acids is 1. The van der Waals surface area contributed by atoms with Gasteiger partial charge in [0.15, 0.2) is 0 Å². The number of hydrogen-bond acceptors (Lipinski definition) is 3. The summed E-state index contributed by atoms with van der Waals surface area (Å²) in [4.78, 5) is 14.4. The third-order valence-electron chi connectivity index (χ3n) is 4.53. The van der Waals surface area contributed by atoms with Crippen LogP contribution in [0.15, 0.2) is 47.4 Å². The number of anilines is 1. The van der Waals surface area contributed by atoms with Crippen molar-refractivity contribution < 1.29 is 17.6 Å². The highest BCUT2D eigenvalue weighted by Crippen LogP contribution is 2.27. The molecule has 0 saturated carbocycles. The minimum Gasteiger partial charge on any atom is -0.338 e. The molecule has 1 aliphatic rings. The van der Waals surface area contributed by atoms with E-state index in [0.717, 1.165) is 37.1 Å². The van der Waals surface area contributed by atoms with Gasteiger partial charge in [0.05, 0.1) is 15.6 Å². The molecular formula is C19H20ClFN2O3S. The maximum Gasteiger partial charge on any atom is 0.261 e. The Morgan fingerprint density at radius 3 is 2.59 bits per heavy atom. The molecule has 1 atom stereocenters.